The van der Waals surface area contributed by atoms with E-state index in [4.69, 9.17) is 0 Å². The molecule has 0 spiro atoms. The van der Waals surface area contributed by atoms with Gasteiger partial charge in [0.05, 0.1) is 0 Å². The first-order chi connectivity index (χ1) is 8.54. The van der Waals surface area contributed by atoms with Gasteiger partial charge in [-0.15, -0.1) is 0 Å². The van der Waals surface area contributed by atoms with Gasteiger partial charge in [0.1, 0.15) is 0 Å². The van der Waals surface area contributed by atoms with Gasteiger partial charge < -0.3 is 4.90 Å². The van der Waals surface area contributed by atoms with Crippen LogP contribution in [0.5, 0.6) is 0 Å². The summed E-state index contributed by atoms with van der Waals surface area (Å²) in [4.78, 5) is 2.09. The summed E-state index contributed by atoms with van der Waals surface area (Å²) in [5, 5.41) is 0. The van der Waals surface area contributed by atoms with E-state index in [0.717, 1.165) is 5.70 Å². The van der Waals surface area contributed by atoms with E-state index in [1.54, 1.807) is 0 Å². The molecule has 0 atom stereocenters. The predicted octanol–water partition coefficient (Wildman–Crippen LogP) is 5.93. The fourth-order valence-electron chi connectivity index (χ4n) is 1.23. The average Bonchev–Trinajstić information content (AvgIpc) is 2.39. The first-order valence-corrected chi connectivity index (χ1v) is 6.90. The summed E-state index contributed by atoms with van der Waals surface area (Å²) >= 11 is 0. The molecule has 0 radical (unpaired) electrons. The Morgan fingerprint density at radius 2 is 1.28 bits per heavy atom. The van der Waals surface area contributed by atoms with Crippen LogP contribution in [0.3, 0.4) is 0 Å². The molecule has 0 aromatic rings. The maximum atomic E-state index is 4.00. The molecule has 0 fully saturated rings. The average molecular weight is 251 g/mol. The number of allylic oxidation sites excluding steroid dienone is 5. The minimum atomic E-state index is 1.00. The number of hydrogen-bond acceptors (Lipinski definition) is 1. The number of rotatable bonds is 4. The third-order valence-corrected chi connectivity index (χ3v) is 1.99. The van der Waals surface area contributed by atoms with Crippen molar-refractivity contribution in [3.05, 3.63) is 47.9 Å². The fourth-order valence-corrected chi connectivity index (χ4v) is 1.23. The minimum absolute atomic E-state index is 1.00. The van der Waals surface area contributed by atoms with Gasteiger partial charge in [-0.3, -0.25) is 0 Å². The number of hydrogen-bond donors (Lipinski definition) is 0. The normalized spacial score (nSPS) is 9.17. The van der Waals surface area contributed by atoms with Gasteiger partial charge in [-0.2, -0.15) is 0 Å². The summed E-state index contributed by atoms with van der Waals surface area (Å²) in [7, 11) is 2.03. The molecule has 0 unspecified atom stereocenters. The van der Waals surface area contributed by atoms with Crippen molar-refractivity contribution < 1.29 is 0 Å². The van der Waals surface area contributed by atoms with Gasteiger partial charge in [0.15, 0.2) is 0 Å². The number of likely N-dealkylation sites (N-methyl/N-ethyl adjacent to an activating group) is 1. The van der Waals surface area contributed by atoms with Gasteiger partial charge in [-0.05, 0) is 39.8 Å². The summed E-state index contributed by atoms with van der Waals surface area (Å²) in [5.74, 6) is 0. The summed E-state index contributed by atoms with van der Waals surface area (Å²) in [6.07, 6.45) is 8.15. The summed E-state index contributed by atoms with van der Waals surface area (Å²) < 4.78 is 0. The van der Waals surface area contributed by atoms with Crippen LogP contribution in [-0.4, -0.2) is 11.9 Å². The molecular formula is C17H33N. The van der Waals surface area contributed by atoms with Crippen LogP contribution in [0.4, 0.5) is 0 Å². The third kappa shape index (κ3) is 9.95. The summed E-state index contributed by atoms with van der Waals surface area (Å²) in [5.41, 5.74) is 3.49. The molecule has 0 N–H and O–H groups in total. The van der Waals surface area contributed by atoms with Gasteiger partial charge in [0.25, 0.3) is 0 Å². The van der Waals surface area contributed by atoms with E-state index >= 15 is 0 Å². The van der Waals surface area contributed by atoms with Crippen molar-refractivity contribution >= 4 is 0 Å². The molecule has 0 aromatic carbocycles. The molecule has 1 nitrogen and oxygen atoms in total. The largest absolute Gasteiger partial charge is 0.345 e. The number of nitrogens with zero attached hydrogens (tertiary/aromatic N) is 1. The molecule has 1 heteroatoms. The predicted molar refractivity (Wildman–Crippen MR) is 87.6 cm³/mol. The molecule has 0 amide bonds. The molecule has 0 aliphatic carbocycles. The lowest BCUT2D eigenvalue weighted by molar-refractivity contribution is 0.549. The van der Waals surface area contributed by atoms with Crippen LogP contribution in [0.25, 0.3) is 0 Å². The molecule has 0 aliphatic rings. The highest BCUT2D eigenvalue weighted by Crippen LogP contribution is 2.15. The molecule has 0 saturated carbocycles. The van der Waals surface area contributed by atoms with Gasteiger partial charge in [-0.1, -0.05) is 52.0 Å². The first kappa shape index (κ1) is 22.0. The van der Waals surface area contributed by atoms with Crippen LogP contribution >= 0.6 is 0 Å². The molecule has 18 heavy (non-hydrogen) atoms. The van der Waals surface area contributed by atoms with Crippen LogP contribution in [0, 0.1) is 0 Å². The molecule has 0 aromatic heterocycles. The van der Waals surface area contributed by atoms with Gasteiger partial charge in [0, 0.05) is 18.4 Å². The topological polar surface area (TPSA) is 3.24 Å². The molecule has 0 heterocycles. The van der Waals surface area contributed by atoms with E-state index in [1.807, 2.05) is 66.8 Å². The van der Waals surface area contributed by atoms with Gasteiger partial charge >= 0.3 is 0 Å². The van der Waals surface area contributed by atoms with Crippen LogP contribution in [0.1, 0.15) is 55.4 Å². The maximum absolute atomic E-state index is 4.00. The standard InChI is InChI=1S/C13H21N.2C2H6/c1-7-9-12(5)14(6)13(10-8-2)11(3)4;2*1-2/h7-10H,5H2,1-4,6H3;2*1-2H3/b9-7-,10-8-;;. The molecule has 0 saturated heterocycles. The van der Waals surface area contributed by atoms with Crippen molar-refractivity contribution in [2.45, 2.75) is 55.4 Å². The highest BCUT2D eigenvalue weighted by molar-refractivity contribution is 5.28. The van der Waals surface area contributed by atoms with E-state index in [9.17, 15) is 0 Å². The van der Waals surface area contributed by atoms with Crippen LogP contribution in [-0.2, 0) is 0 Å². The first-order valence-electron chi connectivity index (χ1n) is 6.90. The second kappa shape index (κ2) is 15.8. The highest BCUT2D eigenvalue weighted by atomic mass is 15.1. The van der Waals surface area contributed by atoms with E-state index in [1.165, 1.54) is 11.3 Å². The highest BCUT2D eigenvalue weighted by Gasteiger charge is 2.03. The smallest absolute Gasteiger partial charge is 0.0390 e. The fraction of sp³-hybridized carbons (Fsp3) is 0.529. The zero-order valence-electron chi connectivity index (χ0n) is 14.0. The Bertz CT molecular complexity index is 276. The van der Waals surface area contributed by atoms with Crippen LogP contribution < -0.4 is 0 Å². The maximum Gasteiger partial charge on any atom is 0.0390 e. The lowest BCUT2D eigenvalue weighted by atomic mass is 10.2. The zero-order valence-corrected chi connectivity index (χ0v) is 14.0. The lowest BCUT2D eigenvalue weighted by Gasteiger charge is -2.22. The molecule has 0 bridgehead atoms. The van der Waals surface area contributed by atoms with Gasteiger partial charge in [-0.25, -0.2) is 0 Å². The molecule has 0 rings (SSSR count). The Hall–Kier alpha value is -1.24. The monoisotopic (exact) mass is 251 g/mol. The van der Waals surface area contributed by atoms with E-state index in [-0.39, 0.29) is 0 Å². The van der Waals surface area contributed by atoms with Crippen molar-refractivity contribution in [3.8, 4) is 0 Å². The Morgan fingerprint density at radius 3 is 1.56 bits per heavy atom. The molecule has 106 valence electrons. The van der Waals surface area contributed by atoms with E-state index in [2.05, 4.69) is 31.4 Å². The van der Waals surface area contributed by atoms with Crippen LogP contribution in [0.15, 0.2) is 47.9 Å². The quantitative estimate of drug-likeness (QED) is 0.560. The second-order valence-corrected chi connectivity index (χ2v) is 3.44. The zero-order chi connectivity index (χ0) is 15.1. The Morgan fingerprint density at radius 1 is 0.889 bits per heavy atom. The Labute approximate surface area is 116 Å². The Balaban J connectivity index is -0.000000506. The Kier molecular flexibility index (Phi) is 19.3. The molecule has 0 aliphatic heterocycles. The van der Waals surface area contributed by atoms with Crippen molar-refractivity contribution in [2.75, 3.05) is 7.05 Å². The van der Waals surface area contributed by atoms with E-state index < -0.39 is 0 Å². The van der Waals surface area contributed by atoms with Gasteiger partial charge in [0.2, 0.25) is 0 Å². The lowest BCUT2D eigenvalue weighted by Crippen LogP contribution is -2.15. The van der Waals surface area contributed by atoms with Crippen molar-refractivity contribution in [2.24, 2.45) is 0 Å². The van der Waals surface area contributed by atoms with Crippen LogP contribution in [0.2, 0.25) is 0 Å². The molecular weight excluding hydrogens is 218 g/mol. The van der Waals surface area contributed by atoms with Crippen molar-refractivity contribution in [1.29, 1.82) is 0 Å². The summed E-state index contributed by atoms with van der Waals surface area (Å²) in [6.45, 7) is 20.2. The minimum Gasteiger partial charge on any atom is -0.345 e. The summed E-state index contributed by atoms with van der Waals surface area (Å²) in [6, 6.07) is 0. The van der Waals surface area contributed by atoms with E-state index in [0.29, 0.717) is 0 Å². The third-order valence-electron chi connectivity index (χ3n) is 1.99. The van der Waals surface area contributed by atoms with Crippen molar-refractivity contribution in [3.63, 3.8) is 0 Å². The second-order valence-electron chi connectivity index (χ2n) is 3.44. The van der Waals surface area contributed by atoms with Crippen molar-refractivity contribution in [1.82, 2.24) is 4.90 Å². The SMILES string of the molecule is C=C(/C=C\C)N(C)C(/C=C\C)=C(C)C.CC.CC.